The fourth-order valence-electron chi connectivity index (χ4n) is 5.28. The number of rotatable bonds is 5. The molecule has 5 rings (SSSR count). The molecule has 0 spiro atoms. The van der Waals surface area contributed by atoms with Gasteiger partial charge in [0.05, 0.1) is 0 Å². The zero-order chi connectivity index (χ0) is 25.4. The molecule has 1 amide bonds. The lowest BCUT2D eigenvalue weighted by molar-refractivity contribution is 0.0728. The van der Waals surface area contributed by atoms with Gasteiger partial charge in [-0.05, 0) is 63.4 Å². The lowest BCUT2D eigenvalue weighted by Gasteiger charge is -2.35. The van der Waals surface area contributed by atoms with Crippen LogP contribution in [0.3, 0.4) is 0 Å². The molecule has 0 radical (unpaired) electrons. The molecular formula is C27H26BF3IN2O2-. The smallest absolute Gasteiger partial charge is 0.448 e. The number of benzene rings is 3. The largest absolute Gasteiger partial charge is 0.509 e. The van der Waals surface area contributed by atoms with Gasteiger partial charge in [-0.2, -0.15) is 0 Å². The van der Waals surface area contributed by atoms with Crippen LogP contribution in [0.2, 0.25) is 0 Å². The third kappa shape index (κ3) is 5.00. The van der Waals surface area contributed by atoms with Crippen molar-refractivity contribution in [1.82, 2.24) is 9.80 Å². The van der Waals surface area contributed by atoms with E-state index in [-0.39, 0.29) is 18.6 Å². The van der Waals surface area contributed by atoms with Gasteiger partial charge < -0.3 is 22.6 Å². The molecule has 188 valence electrons. The van der Waals surface area contributed by atoms with Crippen LogP contribution < -0.4 is 5.46 Å². The van der Waals surface area contributed by atoms with Crippen molar-refractivity contribution in [1.29, 1.82) is 0 Å². The third-order valence-electron chi connectivity index (χ3n) is 7.23. The molecule has 1 heterocycles. The first kappa shape index (κ1) is 25.1. The second-order valence-electron chi connectivity index (χ2n) is 9.42. The molecule has 0 unspecified atom stereocenters. The first-order valence-corrected chi connectivity index (χ1v) is 13.1. The minimum Gasteiger partial charge on any atom is -0.448 e. The zero-order valence-electron chi connectivity index (χ0n) is 19.9. The standard InChI is InChI=1S/C27H26BF3IN2O2/c1-18-19(14-20(32)15-26(18)28(29,30)31)16-33-10-12-34(13-11-33)27(35)36-17-25-23-8-4-2-6-21(23)22-7-3-5-9-24(22)25/h2-9,14-15,25H,10-13,16-17H2,1H3/q-1. The van der Waals surface area contributed by atoms with E-state index in [0.29, 0.717) is 47.4 Å². The van der Waals surface area contributed by atoms with Crippen LogP contribution in [0, 0.1) is 10.5 Å². The minimum absolute atomic E-state index is 0.00981. The predicted molar refractivity (Wildman–Crippen MR) is 145 cm³/mol. The number of fused-ring (bicyclic) bond motifs is 3. The maximum atomic E-state index is 13.5. The number of carbonyl (C=O) groups is 1. The quantitative estimate of drug-likeness (QED) is 0.276. The summed E-state index contributed by atoms with van der Waals surface area (Å²) in [6.45, 7) is -0.672. The first-order chi connectivity index (χ1) is 17.2. The lowest BCUT2D eigenvalue weighted by Crippen LogP contribution is -2.48. The van der Waals surface area contributed by atoms with Crippen LogP contribution in [0.1, 0.15) is 28.2 Å². The van der Waals surface area contributed by atoms with Crippen LogP contribution in [0.25, 0.3) is 11.1 Å². The van der Waals surface area contributed by atoms with E-state index in [1.807, 2.05) is 52.9 Å². The summed E-state index contributed by atoms with van der Waals surface area (Å²) in [4.78, 5) is 16.6. The maximum Gasteiger partial charge on any atom is 0.509 e. The van der Waals surface area contributed by atoms with Crippen LogP contribution >= 0.6 is 22.6 Å². The Bertz CT molecular complexity index is 1250. The molecule has 3 aromatic carbocycles. The van der Waals surface area contributed by atoms with E-state index < -0.39 is 12.4 Å². The number of hydrogen-bond acceptors (Lipinski definition) is 3. The van der Waals surface area contributed by atoms with E-state index in [2.05, 4.69) is 29.2 Å². The Morgan fingerprint density at radius 2 is 1.56 bits per heavy atom. The van der Waals surface area contributed by atoms with Gasteiger partial charge in [0.15, 0.2) is 0 Å². The van der Waals surface area contributed by atoms with Gasteiger partial charge in [-0.15, -0.1) is 5.46 Å². The van der Waals surface area contributed by atoms with Gasteiger partial charge >= 0.3 is 13.1 Å². The molecule has 2 aliphatic rings. The highest BCUT2D eigenvalue weighted by atomic mass is 127. The Morgan fingerprint density at radius 1 is 0.972 bits per heavy atom. The Balaban J connectivity index is 1.19. The molecule has 0 bridgehead atoms. The number of carbonyl (C=O) groups excluding carboxylic acids is 1. The van der Waals surface area contributed by atoms with Crippen molar-refractivity contribution in [3.05, 3.63) is 86.5 Å². The maximum absolute atomic E-state index is 13.5. The summed E-state index contributed by atoms with van der Waals surface area (Å²) in [6, 6.07) is 19.5. The van der Waals surface area contributed by atoms with Crippen LogP contribution in [-0.4, -0.2) is 55.7 Å². The molecule has 36 heavy (non-hydrogen) atoms. The van der Waals surface area contributed by atoms with Gasteiger partial charge in [-0.25, -0.2) is 4.79 Å². The van der Waals surface area contributed by atoms with E-state index in [1.165, 1.54) is 28.3 Å². The zero-order valence-corrected chi connectivity index (χ0v) is 22.1. The highest BCUT2D eigenvalue weighted by Crippen LogP contribution is 2.44. The first-order valence-electron chi connectivity index (χ1n) is 12.0. The average Bonchev–Trinajstić information content (AvgIpc) is 3.18. The molecule has 0 N–H and O–H groups in total. The summed E-state index contributed by atoms with van der Waals surface area (Å²) < 4.78 is 46.7. The van der Waals surface area contributed by atoms with E-state index in [0.717, 1.165) is 0 Å². The molecule has 1 fully saturated rings. The molecule has 3 aromatic rings. The third-order valence-corrected chi connectivity index (χ3v) is 7.86. The van der Waals surface area contributed by atoms with Crippen molar-refractivity contribution in [3.8, 4) is 11.1 Å². The van der Waals surface area contributed by atoms with Crippen molar-refractivity contribution in [2.75, 3.05) is 32.8 Å². The molecule has 0 saturated carbocycles. The summed E-state index contributed by atoms with van der Waals surface area (Å²) in [5, 5.41) is 0. The van der Waals surface area contributed by atoms with Crippen molar-refractivity contribution in [2.24, 2.45) is 0 Å². The SMILES string of the molecule is Cc1c(CN2CCN(C(=O)OCC3c4ccccc4-c4ccccc43)CC2)cc(I)cc1[B-](F)(F)F. The Hall–Kier alpha value is -2.53. The van der Waals surface area contributed by atoms with Gasteiger partial charge in [-0.1, -0.05) is 60.2 Å². The predicted octanol–water partition coefficient (Wildman–Crippen LogP) is 5.72. The lowest BCUT2D eigenvalue weighted by atomic mass is 9.76. The summed E-state index contributed by atoms with van der Waals surface area (Å²) in [5.74, 6) is 0.00981. The van der Waals surface area contributed by atoms with E-state index in [9.17, 15) is 17.7 Å². The number of nitrogens with zero attached hydrogens (tertiary/aromatic N) is 2. The highest BCUT2D eigenvalue weighted by Gasteiger charge is 2.31. The van der Waals surface area contributed by atoms with E-state index >= 15 is 0 Å². The number of piperazine rings is 1. The van der Waals surface area contributed by atoms with Gasteiger partial charge in [-0.3, -0.25) is 4.90 Å². The fourth-order valence-corrected chi connectivity index (χ4v) is 5.99. The molecule has 1 saturated heterocycles. The average molecular weight is 605 g/mol. The monoisotopic (exact) mass is 605 g/mol. The summed E-state index contributed by atoms with van der Waals surface area (Å²) in [7, 11) is 0. The molecular weight excluding hydrogens is 579 g/mol. The van der Waals surface area contributed by atoms with E-state index in [1.54, 1.807) is 11.8 Å². The van der Waals surface area contributed by atoms with Gasteiger partial charge in [0.1, 0.15) is 6.61 Å². The van der Waals surface area contributed by atoms with Crippen molar-refractivity contribution < 1.29 is 22.5 Å². The molecule has 4 nitrogen and oxygen atoms in total. The second kappa shape index (κ2) is 10.1. The molecule has 9 heteroatoms. The second-order valence-corrected chi connectivity index (χ2v) is 10.7. The minimum atomic E-state index is -5.06. The van der Waals surface area contributed by atoms with Gasteiger partial charge in [0.2, 0.25) is 0 Å². The van der Waals surface area contributed by atoms with Crippen LogP contribution in [-0.2, 0) is 11.3 Å². The summed E-state index contributed by atoms with van der Waals surface area (Å²) in [6.07, 6.45) is -0.344. The van der Waals surface area contributed by atoms with Crippen LogP contribution in [0.4, 0.5) is 17.7 Å². The molecule has 1 aliphatic heterocycles. The molecule has 1 aliphatic carbocycles. The summed E-state index contributed by atoms with van der Waals surface area (Å²) in [5.41, 5.74) is 5.17. The highest BCUT2D eigenvalue weighted by molar-refractivity contribution is 14.1. The molecule has 0 atom stereocenters. The van der Waals surface area contributed by atoms with Gasteiger partial charge in [0, 0.05) is 42.2 Å². The topological polar surface area (TPSA) is 32.8 Å². The van der Waals surface area contributed by atoms with Crippen LogP contribution in [0.5, 0.6) is 0 Å². The van der Waals surface area contributed by atoms with Crippen LogP contribution in [0.15, 0.2) is 60.7 Å². The number of amides is 1. The van der Waals surface area contributed by atoms with Gasteiger partial charge in [0.25, 0.3) is 0 Å². The Morgan fingerprint density at radius 3 is 2.14 bits per heavy atom. The number of halogens is 4. The van der Waals surface area contributed by atoms with Crippen molar-refractivity contribution in [3.63, 3.8) is 0 Å². The Labute approximate surface area is 222 Å². The van der Waals surface area contributed by atoms with Crippen molar-refractivity contribution in [2.45, 2.75) is 19.4 Å². The summed E-state index contributed by atoms with van der Waals surface area (Å²) >= 11 is 1.94. The Kier molecular flexibility index (Phi) is 7.04. The number of hydrogen-bond donors (Lipinski definition) is 0. The molecule has 0 aromatic heterocycles. The van der Waals surface area contributed by atoms with E-state index in [4.69, 9.17) is 4.74 Å². The number of ether oxygens (including phenoxy) is 1. The normalized spacial score (nSPS) is 16.1. The van der Waals surface area contributed by atoms with Crippen molar-refractivity contribution >= 4 is 41.1 Å². The fraction of sp³-hybridized carbons (Fsp3) is 0.296.